The maximum atomic E-state index is 13.2. The molecule has 1 aliphatic heterocycles. The number of halogens is 1. The molecule has 2 aromatic rings. The number of carbonyl (C=O) groups excluding carboxylic acids is 2. The van der Waals surface area contributed by atoms with Gasteiger partial charge in [-0.2, -0.15) is 0 Å². The number of benzene rings is 2. The third-order valence-corrected chi connectivity index (χ3v) is 3.62. The molecular formula is C17H15FN2O3. The maximum Gasteiger partial charge on any atom is 0.256 e. The van der Waals surface area contributed by atoms with E-state index in [2.05, 4.69) is 5.32 Å². The number of amides is 2. The molecule has 3 rings (SSSR count). The number of rotatable bonds is 4. The SMILES string of the molecule is COc1cccc(N2C(=O)CC(Nc3cccc(F)c3)C2=O)c1. The summed E-state index contributed by atoms with van der Waals surface area (Å²) in [5.74, 6) is -0.522. The second-order valence-electron chi connectivity index (χ2n) is 5.18. The van der Waals surface area contributed by atoms with Gasteiger partial charge in [-0.1, -0.05) is 12.1 Å². The monoisotopic (exact) mass is 314 g/mol. The summed E-state index contributed by atoms with van der Waals surface area (Å²) in [6.07, 6.45) is 0.0204. The minimum atomic E-state index is -0.712. The van der Waals surface area contributed by atoms with E-state index in [1.54, 1.807) is 36.4 Å². The lowest BCUT2D eigenvalue weighted by Gasteiger charge is -2.16. The second-order valence-corrected chi connectivity index (χ2v) is 5.18. The maximum absolute atomic E-state index is 13.2. The highest BCUT2D eigenvalue weighted by Crippen LogP contribution is 2.27. The summed E-state index contributed by atoms with van der Waals surface area (Å²) in [5.41, 5.74) is 0.923. The lowest BCUT2D eigenvalue weighted by atomic mass is 10.2. The van der Waals surface area contributed by atoms with E-state index in [1.807, 2.05) is 0 Å². The third-order valence-electron chi connectivity index (χ3n) is 3.62. The van der Waals surface area contributed by atoms with Crippen LogP contribution in [-0.2, 0) is 9.59 Å². The van der Waals surface area contributed by atoms with Crippen molar-refractivity contribution in [1.82, 2.24) is 0 Å². The molecule has 5 nitrogen and oxygen atoms in total. The first-order valence-electron chi connectivity index (χ1n) is 7.11. The summed E-state index contributed by atoms with van der Waals surface area (Å²) >= 11 is 0. The van der Waals surface area contributed by atoms with Crippen molar-refractivity contribution in [1.29, 1.82) is 0 Å². The third kappa shape index (κ3) is 3.01. The molecule has 23 heavy (non-hydrogen) atoms. The summed E-state index contributed by atoms with van der Waals surface area (Å²) in [5, 5.41) is 2.91. The number of carbonyl (C=O) groups is 2. The molecule has 6 heteroatoms. The van der Waals surface area contributed by atoms with Crippen LogP contribution in [0.5, 0.6) is 5.75 Å². The number of methoxy groups -OCH3 is 1. The second kappa shape index (κ2) is 6.08. The number of nitrogens with zero attached hydrogens (tertiary/aromatic N) is 1. The first-order chi connectivity index (χ1) is 11.1. The van der Waals surface area contributed by atoms with Crippen LogP contribution in [0.1, 0.15) is 6.42 Å². The minimum absolute atomic E-state index is 0.0204. The zero-order valence-electron chi connectivity index (χ0n) is 12.5. The fourth-order valence-electron chi connectivity index (χ4n) is 2.54. The van der Waals surface area contributed by atoms with E-state index in [4.69, 9.17) is 4.74 Å². The first kappa shape index (κ1) is 15.0. The number of hydrogen-bond donors (Lipinski definition) is 1. The summed E-state index contributed by atoms with van der Waals surface area (Å²) in [7, 11) is 1.51. The van der Waals surface area contributed by atoms with E-state index >= 15 is 0 Å². The summed E-state index contributed by atoms with van der Waals surface area (Å²) in [4.78, 5) is 25.8. The molecule has 2 amide bonds. The van der Waals surface area contributed by atoms with E-state index in [0.717, 1.165) is 4.90 Å². The van der Waals surface area contributed by atoms with Crippen molar-refractivity contribution in [2.75, 3.05) is 17.3 Å². The Balaban J connectivity index is 1.82. The van der Waals surface area contributed by atoms with Gasteiger partial charge >= 0.3 is 0 Å². The molecular weight excluding hydrogens is 299 g/mol. The first-order valence-corrected chi connectivity index (χ1v) is 7.11. The number of ether oxygens (including phenoxy) is 1. The van der Waals surface area contributed by atoms with Crippen molar-refractivity contribution in [3.8, 4) is 5.75 Å². The standard InChI is InChI=1S/C17H15FN2O3/c1-23-14-7-3-6-13(9-14)20-16(21)10-15(17(20)22)19-12-5-2-4-11(18)8-12/h2-9,15,19H,10H2,1H3. The molecule has 1 fully saturated rings. The van der Waals surface area contributed by atoms with Gasteiger partial charge in [-0.15, -0.1) is 0 Å². The fourth-order valence-corrected chi connectivity index (χ4v) is 2.54. The molecule has 0 aliphatic carbocycles. The van der Waals surface area contributed by atoms with Crippen molar-refractivity contribution in [2.24, 2.45) is 0 Å². The van der Waals surface area contributed by atoms with Crippen LogP contribution >= 0.6 is 0 Å². The van der Waals surface area contributed by atoms with Gasteiger partial charge in [0.1, 0.15) is 17.6 Å². The number of anilines is 2. The van der Waals surface area contributed by atoms with Gasteiger partial charge in [-0.3, -0.25) is 9.59 Å². The van der Waals surface area contributed by atoms with Crippen LogP contribution in [0.25, 0.3) is 0 Å². The molecule has 1 saturated heterocycles. The predicted octanol–water partition coefficient (Wildman–Crippen LogP) is 2.58. The Morgan fingerprint density at radius 1 is 1.17 bits per heavy atom. The van der Waals surface area contributed by atoms with Gasteiger partial charge in [-0.05, 0) is 30.3 Å². The van der Waals surface area contributed by atoms with E-state index in [9.17, 15) is 14.0 Å². The van der Waals surface area contributed by atoms with E-state index in [1.165, 1.54) is 19.2 Å². The Morgan fingerprint density at radius 3 is 2.70 bits per heavy atom. The molecule has 0 aromatic heterocycles. The molecule has 0 spiro atoms. The van der Waals surface area contributed by atoms with Crippen molar-refractivity contribution in [2.45, 2.75) is 12.5 Å². The summed E-state index contributed by atoms with van der Waals surface area (Å²) < 4.78 is 18.3. The van der Waals surface area contributed by atoms with Crippen LogP contribution in [0.3, 0.4) is 0 Å². The molecule has 0 radical (unpaired) electrons. The summed E-state index contributed by atoms with van der Waals surface area (Å²) in [6, 6.07) is 11.8. The molecule has 1 atom stereocenters. The molecule has 1 aliphatic rings. The molecule has 2 aromatic carbocycles. The highest BCUT2D eigenvalue weighted by Gasteiger charge is 2.39. The van der Waals surface area contributed by atoms with Crippen LogP contribution < -0.4 is 15.0 Å². The van der Waals surface area contributed by atoms with Crippen molar-refractivity contribution >= 4 is 23.2 Å². The van der Waals surface area contributed by atoms with Gasteiger partial charge in [0.05, 0.1) is 19.2 Å². The van der Waals surface area contributed by atoms with Gasteiger partial charge in [-0.25, -0.2) is 9.29 Å². The topological polar surface area (TPSA) is 58.6 Å². The molecule has 1 unspecified atom stereocenters. The average molecular weight is 314 g/mol. The van der Waals surface area contributed by atoms with Crippen molar-refractivity contribution in [3.05, 3.63) is 54.3 Å². The van der Waals surface area contributed by atoms with Crippen molar-refractivity contribution in [3.63, 3.8) is 0 Å². The predicted molar refractivity (Wildman–Crippen MR) is 83.9 cm³/mol. The average Bonchev–Trinajstić information content (AvgIpc) is 2.81. The number of imide groups is 1. The van der Waals surface area contributed by atoms with Crippen LogP contribution in [0.4, 0.5) is 15.8 Å². The number of hydrogen-bond acceptors (Lipinski definition) is 4. The van der Waals surface area contributed by atoms with Gasteiger partial charge < -0.3 is 10.1 Å². The van der Waals surface area contributed by atoms with Crippen LogP contribution in [-0.4, -0.2) is 25.0 Å². The summed E-state index contributed by atoms with van der Waals surface area (Å²) in [6.45, 7) is 0. The van der Waals surface area contributed by atoms with Gasteiger partial charge in [0.2, 0.25) is 5.91 Å². The van der Waals surface area contributed by atoms with E-state index in [0.29, 0.717) is 17.1 Å². The molecule has 118 valence electrons. The Bertz CT molecular complexity index is 763. The highest BCUT2D eigenvalue weighted by molar-refractivity contribution is 6.23. The van der Waals surface area contributed by atoms with Gasteiger partial charge in [0, 0.05) is 11.8 Å². The smallest absolute Gasteiger partial charge is 0.256 e. The Labute approximate surface area is 132 Å². The van der Waals surface area contributed by atoms with Gasteiger partial charge in [0.25, 0.3) is 5.91 Å². The van der Waals surface area contributed by atoms with E-state index < -0.39 is 11.9 Å². The van der Waals surface area contributed by atoms with E-state index in [-0.39, 0.29) is 18.2 Å². The quantitative estimate of drug-likeness (QED) is 0.881. The normalized spacial score (nSPS) is 17.5. The lowest BCUT2D eigenvalue weighted by Crippen LogP contribution is -2.34. The molecule has 0 bridgehead atoms. The van der Waals surface area contributed by atoms with Crippen LogP contribution in [0, 0.1) is 5.82 Å². The van der Waals surface area contributed by atoms with Gasteiger partial charge in [0.15, 0.2) is 0 Å². The molecule has 0 saturated carbocycles. The lowest BCUT2D eigenvalue weighted by molar-refractivity contribution is -0.121. The Kier molecular flexibility index (Phi) is 3.97. The minimum Gasteiger partial charge on any atom is -0.497 e. The molecule has 1 heterocycles. The fraction of sp³-hybridized carbons (Fsp3) is 0.176. The van der Waals surface area contributed by atoms with Crippen LogP contribution in [0.2, 0.25) is 0 Å². The number of nitrogens with one attached hydrogen (secondary N) is 1. The largest absolute Gasteiger partial charge is 0.497 e. The zero-order valence-corrected chi connectivity index (χ0v) is 12.5. The highest BCUT2D eigenvalue weighted by atomic mass is 19.1. The Morgan fingerprint density at radius 2 is 1.96 bits per heavy atom. The van der Waals surface area contributed by atoms with Crippen LogP contribution in [0.15, 0.2) is 48.5 Å². The van der Waals surface area contributed by atoms with Crippen molar-refractivity contribution < 1.29 is 18.7 Å². The zero-order chi connectivity index (χ0) is 16.4. The Hall–Kier alpha value is -2.89. The molecule has 1 N–H and O–H groups in total.